The van der Waals surface area contributed by atoms with E-state index < -0.39 is 21.7 Å². The highest BCUT2D eigenvalue weighted by Gasteiger charge is 2.39. The van der Waals surface area contributed by atoms with Gasteiger partial charge in [-0.2, -0.15) is 4.31 Å². The number of anilines is 1. The monoisotopic (exact) mass is 343 g/mol. The zero-order chi connectivity index (χ0) is 17.4. The maximum absolute atomic E-state index is 13.7. The second kappa shape index (κ2) is 6.54. The first kappa shape index (κ1) is 17.8. The first-order valence-electron chi connectivity index (χ1n) is 7.40. The van der Waals surface area contributed by atoms with E-state index in [-0.39, 0.29) is 22.7 Å². The number of halogens is 1. The fraction of sp³-hybridized carbons (Fsp3) is 0.533. The van der Waals surface area contributed by atoms with E-state index in [1.54, 1.807) is 0 Å². The zero-order valence-electron chi connectivity index (χ0n) is 13.7. The highest BCUT2D eigenvalue weighted by molar-refractivity contribution is 7.89. The molecule has 1 fully saturated rings. The van der Waals surface area contributed by atoms with E-state index in [4.69, 9.17) is 0 Å². The number of sulfonamides is 1. The number of rotatable bonds is 4. The summed E-state index contributed by atoms with van der Waals surface area (Å²) in [6.45, 7) is 3.53. The van der Waals surface area contributed by atoms with Crippen molar-refractivity contribution in [2.45, 2.75) is 37.2 Å². The van der Waals surface area contributed by atoms with Crippen LogP contribution in [0.4, 0.5) is 10.1 Å². The molecule has 0 radical (unpaired) electrons. The van der Waals surface area contributed by atoms with Crippen LogP contribution < -0.4 is 5.32 Å². The molecule has 0 aliphatic carbocycles. The maximum atomic E-state index is 13.7. The van der Waals surface area contributed by atoms with Crippen molar-refractivity contribution in [3.8, 4) is 0 Å². The molecule has 2 unspecified atom stereocenters. The van der Waals surface area contributed by atoms with Crippen LogP contribution >= 0.6 is 0 Å². The van der Waals surface area contributed by atoms with Crippen molar-refractivity contribution in [1.82, 2.24) is 9.21 Å². The third-order valence-electron chi connectivity index (χ3n) is 4.17. The van der Waals surface area contributed by atoms with Crippen molar-refractivity contribution in [1.29, 1.82) is 0 Å². The van der Waals surface area contributed by atoms with Gasteiger partial charge in [-0.05, 0) is 45.6 Å². The van der Waals surface area contributed by atoms with E-state index in [0.29, 0.717) is 6.54 Å². The van der Waals surface area contributed by atoms with Gasteiger partial charge >= 0.3 is 0 Å². The standard InChI is InChI=1S/C15H22FN3O3S/c1-10-15(18(3)4)7-8-19(10)23(21,22)12-5-6-13(16)14(9-12)17-11(2)20/h5-6,9-10,15H,7-8H2,1-4H3,(H,17,20). The molecule has 0 aromatic heterocycles. The summed E-state index contributed by atoms with van der Waals surface area (Å²) < 4.78 is 40.8. The van der Waals surface area contributed by atoms with Crippen molar-refractivity contribution in [2.24, 2.45) is 0 Å². The van der Waals surface area contributed by atoms with Crippen LogP contribution in [0.25, 0.3) is 0 Å². The predicted molar refractivity (Wildman–Crippen MR) is 86.1 cm³/mol. The van der Waals surface area contributed by atoms with Crippen molar-refractivity contribution in [3.05, 3.63) is 24.0 Å². The summed E-state index contributed by atoms with van der Waals surface area (Å²) in [6.07, 6.45) is 0.743. The minimum atomic E-state index is -3.74. The molecule has 8 heteroatoms. The number of benzene rings is 1. The third-order valence-corrected chi connectivity index (χ3v) is 6.16. The fourth-order valence-electron chi connectivity index (χ4n) is 3.01. The normalized spacial score (nSPS) is 22.5. The molecule has 1 aliphatic heterocycles. The average molecular weight is 343 g/mol. The van der Waals surface area contributed by atoms with Gasteiger partial charge in [0.25, 0.3) is 0 Å². The van der Waals surface area contributed by atoms with Gasteiger partial charge < -0.3 is 10.2 Å². The molecule has 23 heavy (non-hydrogen) atoms. The molecular formula is C15H22FN3O3S. The molecule has 1 amide bonds. The molecule has 0 bridgehead atoms. The van der Waals surface area contributed by atoms with Crippen LogP contribution in [-0.2, 0) is 14.8 Å². The number of carbonyl (C=O) groups is 1. The van der Waals surface area contributed by atoms with E-state index in [2.05, 4.69) is 5.32 Å². The van der Waals surface area contributed by atoms with Gasteiger partial charge in [0.15, 0.2) is 0 Å². The Kier molecular flexibility index (Phi) is 5.07. The molecule has 0 spiro atoms. The highest BCUT2D eigenvalue weighted by atomic mass is 32.2. The Morgan fingerprint density at radius 2 is 2.04 bits per heavy atom. The number of amides is 1. The van der Waals surface area contributed by atoms with Gasteiger partial charge in [-0.3, -0.25) is 4.79 Å². The van der Waals surface area contributed by atoms with E-state index in [1.165, 1.54) is 23.4 Å². The first-order chi connectivity index (χ1) is 10.6. The molecule has 0 saturated carbocycles. The number of nitrogens with zero attached hydrogens (tertiary/aromatic N) is 2. The Morgan fingerprint density at radius 3 is 2.57 bits per heavy atom. The number of hydrogen-bond donors (Lipinski definition) is 1. The summed E-state index contributed by atoms with van der Waals surface area (Å²) >= 11 is 0. The lowest BCUT2D eigenvalue weighted by molar-refractivity contribution is -0.114. The largest absolute Gasteiger partial charge is 0.324 e. The number of likely N-dealkylation sites (N-methyl/N-ethyl adjacent to an activating group) is 1. The van der Waals surface area contributed by atoms with Crippen LogP contribution in [0.3, 0.4) is 0 Å². The van der Waals surface area contributed by atoms with Gasteiger partial charge in [0.05, 0.1) is 10.6 Å². The maximum Gasteiger partial charge on any atom is 0.243 e. The van der Waals surface area contributed by atoms with Crippen molar-refractivity contribution in [2.75, 3.05) is 26.0 Å². The summed E-state index contributed by atoms with van der Waals surface area (Å²) in [5.74, 6) is -1.12. The molecule has 6 nitrogen and oxygen atoms in total. The molecule has 2 rings (SSSR count). The molecule has 1 aromatic carbocycles. The molecule has 1 saturated heterocycles. The van der Waals surface area contributed by atoms with Gasteiger partial charge in [0, 0.05) is 25.6 Å². The van der Waals surface area contributed by atoms with Crippen molar-refractivity contribution >= 4 is 21.6 Å². The van der Waals surface area contributed by atoms with Crippen LogP contribution in [0.1, 0.15) is 20.3 Å². The number of hydrogen-bond acceptors (Lipinski definition) is 4. The zero-order valence-corrected chi connectivity index (χ0v) is 14.5. The summed E-state index contributed by atoms with van der Waals surface area (Å²) in [6, 6.07) is 3.42. The lowest BCUT2D eigenvalue weighted by atomic mass is 10.1. The third kappa shape index (κ3) is 3.54. The number of carbonyl (C=O) groups excluding carboxylic acids is 1. The van der Waals surface area contributed by atoms with E-state index in [9.17, 15) is 17.6 Å². The summed E-state index contributed by atoms with van der Waals surface area (Å²) in [7, 11) is 0.101. The molecule has 1 aromatic rings. The Balaban J connectivity index is 2.35. The fourth-order valence-corrected chi connectivity index (χ4v) is 4.71. The topological polar surface area (TPSA) is 69.7 Å². The Morgan fingerprint density at radius 1 is 1.39 bits per heavy atom. The smallest absolute Gasteiger partial charge is 0.243 e. The van der Waals surface area contributed by atoms with Crippen LogP contribution in [0.15, 0.2) is 23.1 Å². The van der Waals surface area contributed by atoms with Gasteiger partial charge in [0.1, 0.15) is 5.82 Å². The van der Waals surface area contributed by atoms with Crippen molar-refractivity contribution < 1.29 is 17.6 Å². The number of nitrogens with one attached hydrogen (secondary N) is 1. The molecule has 1 aliphatic rings. The minimum absolute atomic E-state index is 0.0195. The van der Waals surface area contributed by atoms with Crippen LogP contribution in [0.2, 0.25) is 0 Å². The predicted octanol–water partition coefficient (Wildman–Crippen LogP) is 1.50. The van der Waals surface area contributed by atoms with Crippen LogP contribution in [0, 0.1) is 5.82 Å². The molecule has 1 heterocycles. The lowest BCUT2D eigenvalue weighted by Gasteiger charge is -2.28. The summed E-state index contributed by atoms with van der Waals surface area (Å²) in [5, 5.41) is 2.31. The molecule has 1 N–H and O–H groups in total. The van der Waals surface area contributed by atoms with Gasteiger partial charge in [-0.25, -0.2) is 12.8 Å². The van der Waals surface area contributed by atoms with Crippen molar-refractivity contribution in [3.63, 3.8) is 0 Å². The second-order valence-electron chi connectivity index (χ2n) is 6.00. The van der Waals surface area contributed by atoms with Gasteiger partial charge in [-0.15, -0.1) is 0 Å². The molecular weight excluding hydrogens is 321 g/mol. The SMILES string of the molecule is CC(=O)Nc1cc(S(=O)(=O)N2CCC(N(C)C)C2C)ccc1F. The van der Waals surface area contributed by atoms with E-state index in [0.717, 1.165) is 12.5 Å². The minimum Gasteiger partial charge on any atom is -0.324 e. The summed E-state index contributed by atoms with van der Waals surface area (Å²) in [5.41, 5.74) is -0.130. The van der Waals surface area contributed by atoms with Gasteiger partial charge in [0.2, 0.25) is 15.9 Å². The van der Waals surface area contributed by atoms with Gasteiger partial charge in [-0.1, -0.05) is 0 Å². The van der Waals surface area contributed by atoms with E-state index >= 15 is 0 Å². The van der Waals surface area contributed by atoms with Crippen LogP contribution in [-0.4, -0.2) is 56.3 Å². The Bertz CT molecular complexity index is 706. The Hall–Kier alpha value is -1.51. The Labute approximate surface area is 136 Å². The second-order valence-corrected chi connectivity index (χ2v) is 7.89. The highest BCUT2D eigenvalue weighted by Crippen LogP contribution is 2.29. The molecule has 128 valence electrons. The van der Waals surface area contributed by atoms with Crippen LogP contribution in [0.5, 0.6) is 0 Å². The van der Waals surface area contributed by atoms with E-state index in [1.807, 2.05) is 25.9 Å². The molecule has 2 atom stereocenters. The lowest BCUT2D eigenvalue weighted by Crippen LogP contribution is -2.42. The average Bonchev–Trinajstić information content (AvgIpc) is 2.83. The first-order valence-corrected chi connectivity index (χ1v) is 8.84. The summed E-state index contributed by atoms with van der Waals surface area (Å²) in [4.78, 5) is 13.1. The quantitative estimate of drug-likeness (QED) is 0.899.